The maximum Gasteiger partial charge on any atom is 0.257 e. The number of carbonyl (C=O) groups excluding carboxylic acids is 2. The van der Waals surface area contributed by atoms with E-state index in [1.54, 1.807) is 0 Å². The lowest BCUT2D eigenvalue weighted by atomic mass is 9.98. The first-order valence-corrected chi connectivity index (χ1v) is 7.48. The maximum atomic E-state index is 14.3. The van der Waals surface area contributed by atoms with Crippen LogP contribution in [0.5, 0.6) is 0 Å². The molecule has 0 spiro atoms. The van der Waals surface area contributed by atoms with Gasteiger partial charge >= 0.3 is 0 Å². The van der Waals surface area contributed by atoms with Crippen LogP contribution in [0.15, 0.2) is 24.5 Å². The molecule has 1 fully saturated rings. The summed E-state index contributed by atoms with van der Waals surface area (Å²) in [5, 5.41) is 2.75. The topological polar surface area (TPSA) is 75.2 Å². The van der Waals surface area contributed by atoms with Gasteiger partial charge in [-0.05, 0) is 12.0 Å². The van der Waals surface area contributed by atoms with Crippen molar-refractivity contribution < 1.29 is 14.0 Å². The van der Waals surface area contributed by atoms with Gasteiger partial charge in [0.2, 0.25) is 5.91 Å². The van der Waals surface area contributed by atoms with Crippen LogP contribution >= 0.6 is 0 Å². The minimum Gasteiger partial charge on any atom is -0.353 e. The number of halogens is 1. The van der Waals surface area contributed by atoms with Crippen molar-refractivity contribution in [1.29, 1.82) is 0 Å². The van der Waals surface area contributed by atoms with Gasteiger partial charge in [-0.15, -0.1) is 0 Å². The van der Waals surface area contributed by atoms with Crippen LogP contribution in [0, 0.1) is 11.7 Å². The van der Waals surface area contributed by atoms with E-state index in [9.17, 15) is 14.0 Å². The summed E-state index contributed by atoms with van der Waals surface area (Å²) >= 11 is 0. The molecular weight excluding hydrogens is 299 g/mol. The first-order valence-electron chi connectivity index (χ1n) is 7.48. The van der Waals surface area contributed by atoms with E-state index >= 15 is 0 Å². The highest BCUT2D eigenvalue weighted by Gasteiger charge is 2.36. The van der Waals surface area contributed by atoms with E-state index in [4.69, 9.17) is 0 Å². The van der Waals surface area contributed by atoms with Crippen LogP contribution in [-0.2, 0) is 4.79 Å². The minimum atomic E-state index is -0.656. The number of hydrogen-bond donors (Lipinski definition) is 1. The summed E-state index contributed by atoms with van der Waals surface area (Å²) < 4.78 is 14.3. The molecule has 1 saturated heterocycles. The zero-order chi connectivity index (χ0) is 16.6. The zero-order valence-electron chi connectivity index (χ0n) is 12.9. The summed E-state index contributed by atoms with van der Waals surface area (Å²) in [6.07, 6.45) is 2.95. The molecule has 2 amide bonds. The lowest BCUT2D eigenvalue weighted by Crippen LogP contribution is -2.59. The first kappa shape index (κ1) is 15.3. The molecule has 1 atom stereocenters. The van der Waals surface area contributed by atoms with Crippen LogP contribution in [0.1, 0.15) is 24.2 Å². The van der Waals surface area contributed by atoms with Crippen molar-refractivity contribution in [3.63, 3.8) is 0 Å². The number of fused-ring (bicyclic) bond motifs is 1. The van der Waals surface area contributed by atoms with Crippen LogP contribution in [0.4, 0.5) is 4.39 Å². The second-order valence-electron chi connectivity index (χ2n) is 5.86. The van der Waals surface area contributed by atoms with Crippen molar-refractivity contribution in [3.8, 4) is 0 Å². The molecule has 0 saturated carbocycles. The van der Waals surface area contributed by atoms with Gasteiger partial charge in [0.05, 0.1) is 16.6 Å². The van der Waals surface area contributed by atoms with E-state index < -0.39 is 17.8 Å². The number of benzene rings is 1. The number of nitrogens with one attached hydrogen (secondary N) is 1. The summed E-state index contributed by atoms with van der Waals surface area (Å²) in [4.78, 5) is 34.4. The van der Waals surface area contributed by atoms with Crippen LogP contribution < -0.4 is 5.32 Å². The lowest BCUT2D eigenvalue weighted by Gasteiger charge is -2.37. The quantitative estimate of drug-likeness (QED) is 0.908. The van der Waals surface area contributed by atoms with Crippen molar-refractivity contribution in [2.45, 2.75) is 19.9 Å². The molecule has 1 unspecified atom stereocenters. The Bertz CT molecular complexity index is 778. The average molecular weight is 316 g/mol. The van der Waals surface area contributed by atoms with Crippen LogP contribution in [0.3, 0.4) is 0 Å². The number of rotatable bonds is 2. The Kier molecular flexibility index (Phi) is 3.94. The lowest BCUT2D eigenvalue weighted by molar-refractivity contribution is -0.129. The highest BCUT2D eigenvalue weighted by molar-refractivity contribution is 6.00. The fourth-order valence-corrected chi connectivity index (χ4v) is 2.88. The van der Waals surface area contributed by atoms with Gasteiger partial charge in [0.25, 0.3) is 5.91 Å². The van der Waals surface area contributed by atoms with Gasteiger partial charge in [0.15, 0.2) is 0 Å². The minimum absolute atomic E-state index is 0.0671. The largest absolute Gasteiger partial charge is 0.353 e. The second-order valence-corrected chi connectivity index (χ2v) is 5.86. The standard InChI is InChI=1S/C16H17FN4O2/c1-9(2)14-15(22)20-5-6-21(14)16(23)10-7-12-13(8-11(10)17)19-4-3-18-12/h3-4,7-9,14H,5-6H2,1-2H3,(H,20,22). The number of amides is 2. The molecule has 1 N–H and O–H groups in total. The van der Waals surface area contributed by atoms with Crippen LogP contribution in [-0.4, -0.2) is 45.8 Å². The van der Waals surface area contributed by atoms with Gasteiger partial charge in [-0.2, -0.15) is 0 Å². The average Bonchev–Trinajstić information content (AvgIpc) is 2.53. The first-order chi connectivity index (χ1) is 11.0. The van der Waals surface area contributed by atoms with Crippen LogP contribution in [0.25, 0.3) is 11.0 Å². The molecule has 2 aromatic rings. The number of nitrogens with zero attached hydrogens (tertiary/aromatic N) is 3. The highest BCUT2D eigenvalue weighted by atomic mass is 19.1. The van der Waals surface area contributed by atoms with Gasteiger partial charge in [0, 0.05) is 31.5 Å². The van der Waals surface area contributed by atoms with Gasteiger partial charge < -0.3 is 10.2 Å². The van der Waals surface area contributed by atoms with E-state index in [-0.39, 0.29) is 17.4 Å². The Balaban J connectivity index is 2.01. The predicted octanol–water partition coefficient (Wildman–Crippen LogP) is 1.37. The van der Waals surface area contributed by atoms with Gasteiger partial charge in [-0.25, -0.2) is 4.39 Å². The molecule has 120 valence electrons. The molecule has 7 heteroatoms. The highest BCUT2D eigenvalue weighted by Crippen LogP contribution is 2.21. The Labute approximate surface area is 132 Å². The van der Waals surface area contributed by atoms with Crippen molar-refractivity contribution in [3.05, 3.63) is 35.9 Å². The Morgan fingerprint density at radius 3 is 2.61 bits per heavy atom. The number of carbonyl (C=O) groups is 2. The summed E-state index contributed by atoms with van der Waals surface area (Å²) in [6, 6.07) is 1.99. The summed E-state index contributed by atoms with van der Waals surface area (Å²) in [7, 11) is 0. The van der Waals surface area contributed by atoms with Crippen molar-refractivity contribution in [2.75, 3.05) is 13.1 Å². The molecule has 0 aliphatic carbocycles. The number of aromatic nitrogens is 2. The number of hydrogen-bond acceptors (Lipinski definition) is 4. The summed E-state index contributed by atoms with van der Waals surface area (Å²) in [6.45, 7) is 4.43. The van der Waals surface area contributed by atoms with E-state index in [2.05, 4.69) is 15.3 Å². The van der Waals surface area contributed by atoms with E-state index in [0.717, 1.165) is 0 Å². The van der Waals surface area contributed by atoms with Crippen molar-refractivity contribution in [1.82, 2.24) is 20.2 Å². The molecule has 3 rings (SSSR count). The molecule has 0 radical (unpaired) electrons. The van der Waals surface area contributed by atoms with Gasteiger partial charge in [0.1, 0.15) is 11.9 Å². The molecule has 1 aliphatic heterocycles. The van der Waals surface area contributed by atoms with Gasteiger partial charge in [-0.1, -0.05) is 13.8 Å². The van der Waals surface area contributed by atoms with Crippen molar-refractivity contribution >= 4 is 22.8 Å². The molecular formula is C16H17FN4O2. The molecule has 6 nitrogen and oxygen atoms in total. The second kappa shape index (κ2) is 5.91. The Morgan fingerprint density at radius 1 is 1.30 bits per heavy atom. The van der Waals surface area contributed by atoms with E-state index in [0.29, 0.717) is 24.1 Å². The third-order valence-corrected chi connectivity index (χ3v) is 3.94. The van der Waals surface area contributed by atoms with Gasteiger partial charge in [-0.3, -0.25) is 19.6 Å². The Hall–Kier alpha value is -2.57. The third kappa shape index (κ3) is 2.74. The molecule has 1 aromatic heterocycles. The summed E-state index contributed by atoms with van der Waals surface area (Å²) in [5.41, 5.74) is 0.747. The molecule has 2 heterocycles. The SMILES string of the molecule is CC(C)C1C(=O)NCCN1C(=O)c1cc2nccnc2cc1F. The number of piperazine rings is 1. The molecule has 1 aliphatic rings. The molecule has 0 bridgehead atoms. The predicted molar refractivity (Wildman–Crippen MR) is 82.2 cm³/mol. The smallest absolute Gasteiger partial charge is 0.257 e. The van der Waals surface area contributed by atoms with E-state index in [1.165, 1.54) is 29.4 Å². The third-order valence-electron chi connectivity index (χ3n) is 3.94. The molecule has 1 aromatic carbocycles. The van der Waals surface area contributed by atoms with Crippen molar-refractivity contribution in [2.24, 2.45) is 5.92 Å². The maximum absolute atomic E-state index is 14.3. The van der Waals surface area contributed by atoms with E-state index in [1.807, 2.05) is 13.8 Å². The fourth-order valence-electron chi connectivity index (χ4n) is 2.88. The molecule has 23 heavy (non-hydrogen) atoms. The normalized spacial score (nSPS) is 18.3. The summed E-state index contributed by atoms with van der Waals surface area (Å²) in [5.74, 6) is -1.43. The van der Waals surface area contributed by atoms with Crippen LogP contribution in [0.2, 0.25) is 0 Å². The monoisotopic (exact) mass is 316 g/mol. The Morgan fingerprint density at radius 2 is 1.96 bits per heavy atom. The zero-order valence-corrected chi connectivity index (χ0v) is 12.9. The fraction of sp³-hybridized carbons (Fsp3) is 0.375.